The number of benzene rings is 1. The molecule has 224 valence electrons. The highest BCUT2D eigenvalue weighted by molar-refractivity contribution is 6.09. The number of hydrogen-bond acceptors (Lipinski definition) is 6. The summed E-state index contributed by atoms with van der Waals surface area (Å²) in [6, 6.07) is 6.86. The lowest BCUT2D eigenvalue weighted by Crippen LogP contribution is -2.38. The van der Waals surface area contributed by atoms with Crippen LogP contribution in [0.4, 0.5) is 33.6 Å². The molecule has 0 spiro atoms. The van der Waals surface area contributed by atoms with E-state index in [0.29, 0.717) is 17.5 Å². The fourth-order valence-electron chi connectivity index (χ4n) is 4.45. The highest BCUT2D eigenvalue weighted by Gasteiger charge is 2.56. The first-order valence-corrected chi connectivity index (χ1v) is 12.7. The van der Waals surface area contributed by atoms with E-state index in [4.69, 9.17) is 10.8 Å². The summed E-state index contributed by atoms with van der Waals surface area (Å²) in [6.07, 6.45) is -2.44. The monoisotopic (exact) mass is 591 g/mol. The lowest BCUT2D eigenvalue weighted by molar-refractivity contribution is -0.283. The number of carbonyl (C=O) groups is 2. The number of nitrogens with two attached hydrogens (primary N) is 1. The molecule has 1 aromatic carbocycles. The molecule has 1 aliphatic heterocycles. The van der Waals surface area contributed by atoms with Crippen LogP contribution >= 0.6 is 0 Å². The van der Waals surface area contributed by atoms with Crippen molar-refractivity contribution in [3.8, 4) is 0 Å². The molecule has 0 radical (unpaired) electrons. The summed E-state index contributed by atoms with van der Waals surface area (Å²) in [4.78, 5) is 32.9. The molecule has 1 aliphatic rings. The van der Waals surface area contributed by atoms with Crippen molar-refractivity contribution >= 4 is 29.1 Å². The van der Waals surface area contributed by atoms with Gasteiger partial charge in [-0.3, -0.25) is 9.59 Å². The molecule has 1 aromatic heterocycles. The molecule has 0 unspecified atom stereocenters. The van der Waals surface area contributed by atoms with Crippen LogP contribution in [0.5, 0.6) is 0 Å². The number of carboxylic acids is 1. The van der Waals surface area contributed by atoms with E-state index in [-0.39, 0.29) is 40.7 Å². The van der Waals surface area contributed by atoms with Crippen LogP contribution in [-0.4, -0.2) is 45.6 Å². The smallest absolute Gasteiger partial charge is 0.453 e. The fraction of sp³-hybridized carbons (Fsp3) is 0.310. The largest absolute Gasteiger partial charge is 0.481 e. The van der Waals surface area contributed by atoms with Gasteiger partial charge in [-0.25, -0.2) is 9.97 Å². The normalized spacial score (nSPS) is 17.5. The molecule has 13 heteroatoms. The molecule has 0 saturated carbocycles. The van der Waals surface area contributed by atoms with Crippen LogP contribution in [0.15, 0.2) is 66.9 Å². The van der Waals surface area contributed by atoms with Gasteiger partial charge in [0.05, 0.1) is 5.56 Å². The predicted octanol–water partition coefficient (Wildman–Crippen LogP) is 5.54. The number of carbonyl (C=O) groups excluding carboxylic acids is 1. The second-order valence-corrected chi connectivity index (χ2v) is 9.82. The zero-order valence-electron chi connectivity index (χ0n) is 22.9. The number of hydrogen-bond donors (Lipinski definition) is 4. The summed E-state index contributed by atoms with van der Waals surface area (Å²) >= 11 is 0. The molecule has 0 aliphatic carbocycles. The van der Waals surface area contributed by atoms with Gasteiger partial charge >= 0.3 is 18.1 Å². The average Bonchev–Trinajstić information content (AvgIpc) is 3.17. The van der Waals surface area contributed by atoms with Gasteiger partial charge in [0.15, 0.2) is 5.82 Å². The Hall–Kier alpha value is -4.55. The van der Waals surface area contributed by atoms with Crippen LogP contribution in [0.25, 0.3) is 5.57 Å². The molecule has 2 aromatic rings. The van der Waals surface area contributed by atoms with Gasteiger partial charge in [0.2, 0.25) is 5.91 Å². The second kappa shape index (κ2) is 12.1. The first-order valence-electron chi connectivity index (χ1n) is 12.7. The Balaban J connectivity index is 1.94. The molecule has 1 amide bonds. The van der Waals surface area contributed by atoms with Crippen LogP contribution in [-0.2, 0) is 21.4 Å². The SMILES string of the molecule is C=C/C=C\C(C(=C)c1nc(N)c2c(n1)NC(=O)[C@@]2(C)c1ccc(CCC(=O)O)cc1)=C(/C)NCCC(F)(F)C(F)(F)F. The van der Waals surface area contributed by atoms with Gasteiger partial charge in [0.1, 0.15) is 17.1 Å². The molecule has 0 fully saturated rings. The number of amides is 1. The lowest BCUT2D eigenvalue weighted by Gasteiger charge is -2.24. The topological polar surface area (TPSA) is 130 Å². The van der Waals surface area contributed by atoms with Crippen molar-refractivity contribution in [3.63, 3.8) is 0 Å². The number of fused-ring (bicyclic) bond motifs is 1. The van der Waals surface area contributed by atoms with Crippen molar-refractivity contribution < 1.29 is 36.6 Å². The van der Waals surface area contributed by atoms with E-state index in [1.54, 1.807) is 31.2 Å². The molecule has 2 heterocycles. The minimum Gasteiger partial charge on any atom is -0.481 e. The number of aliphatic carboxylic acids is 1. The van der Waals surface area contributed by atoms with Crippen molar-refractivity contribution in [2.24, 2.45) is 0 Å². The predicted molar refractivity (Wildman–Crippen MR) is 149 cm³/mol. The van der Waals surface area contributed by atoms with E-state index in [1.165, 1.54) is 25.2 Å². The third kappa shape index (κ3) is 6.50. The Bertz CT molecular complexity index is 1470. The van der Waals surface area contributed by atoms with Gasteiger partial charge in [0.25, 0.3) is 0 Å². The Labute approximate surface area is 238 Å². The third-order valence-electron chi connectivity index (χ3n) is 6.92. The van der Waals surface area contributed by atoms with E-state index in [2.05, 4.69) is 33.8 Å². The van der Waals surface area contributed by atoms with E-state index in [9.17, 15) is 31.5 Å². The number of allylic oxidation sites excluding steroid dienone is 6. The zero-order valence-corrected chi connectivity index (χ0v) is 22.9. The fourth-order valence-corrected chi connectivity index (χ4v) is 4.45. The molecule has 5 N–H and O–H groups in total. The molecular formula is C29H30F5N5O3. The van der Waals surface area contributed by atoms with Gasteiger partial charge in [0, 0.05) is 36.2 Å². The van der Waals surface area contributed by atoms with Gasteiger partial charge in [-0.05, 0) is 31.4 Å². The number of nitrogens with zero attached hydrogens (tertiary/aromatic N) is 2. The molecule has 0 saturated heterocycles. The summed E-state index contributed by atoms with van der Waals surface area (Å²) < 4.78 is 64.4. The number of alkyl halides is 5. The Morgan fingerprint density at radius 1 is 1.19 bits per heavy atom. The standard InChI is InChI=1S/C29H30F5N5O3/c1-5-6-7-20(17(3)36-15-14-28(30,31)29(32,33)34)16(2)24-37-23(35)22-25(38-24)39-26(42)27(22,4)19-11-8-18(9-12-19)10-13-21(40)41/h5-9,11-12,36H,1-2,10,13-15H2,3-4H3,(H,40,41)(H3,35,37,38,39,42)/b7-6-,20-17-/t27-/m0/s1. The minimum atomic E-state index is -5.67. The average molecular weight is 592 g/mol. The summed E-state index contributed by atoms with van der Waals surface area (Å²) in [5.41, 5.74) is 7.39. The molecular weight excluding hydrogens is 561 g/mol. The number of aryl methyl sites for hydroxylation is 1. The van der Waals surface area contributed by atoms with E-state index >= 15 is 0 Å². The van der Waals surface area contributed by atoms with Crippen LogP contribution < -0.4 is 16.4 Å². The van der Waals surface area contributed by atoms with Gasteiger partial charge < -0.3 is 21.5 Å². The van der Waals surface area contributed by atoms with Crippen molar-refractivity contribution in [1.82, 2.24) is 15.3 Å². The lowest BCUT2D eigenvalue weighted by atomic mass is 9.77. The number of carboxylic acid groups (broad SMARTS) is 1. The van der Waals surface area contributed by atoms with Crippen LogP contribution in [0.2, 0.25) is 0 Å². The van der Waals surface area contributed by atoms with Crippen molar-refractivity contribution in [3.05, 3.63) is 89.4 Å². The van der Waals surface area contributed by atoms with Crippen molar-refractivity contribution in [2.75, 3.05) is 17.6 Å². The van der Waals surface area contributed by atoms with Crippen molar-refractivity contribution in [2.45, 2.75) is 50.6 Å². The summed E-state index contributed by atoms with van der Waals surface area (Å²) in [6.45, 7) is 9.97. The first kappa shape index (κ1) is 32.0. The number of anilines is 2. The number of halogens is 5. The first-order chi connectivity index (χ1) is 19.5. The maximum absolute atomic E-state index is 13.4. The summed E-state index contributed by atoms with van der Waals surface area (Å²) in [5.74, 6) is -6.13. The molecule has 8 nitrogen and oxygen atoms in total. The van der Waals surface area contributed by atoms with Gasteiger partial charge in [-0.2, -0.15) is 22.0 Å². The van der Waals surface area contributed by atoms with Gasteiger partial charge in [-0.1, -0.05) is 55.7 Å². The Morgan fingerprint density at radius 2 is 1.83 bits per heavy atom. The molecule has 0 bridgehead atoms. The second-order valence-electron chi connectivity index (χ2n) is 9.82. The van der Waals surface area contributed by atoms with Crippen molar-refractivity contribution in [1.29, 1.82) is 0 Å². The highest BCUT2D eigenvalue weighted by atomic mass is 19.4. The molecule has 1 atom stereocenters. The Morgan fingerprint density at radius 3 is 2.40 bits per heavy atom. The number of aromatic nitrogens is 2. The minimum absolute atomic E-state index is 0.00898. The molecule has 3 rings (SSSR count). The third-order valence-corrected chi connectivity index (χ3v) is 6.92. The number of rotatable bonds is 12. The maximum Gasteiger partial charge on any atom is 0.453 e. The van der Waals surface area contributed by atoms with E-state index < -0.39 is 42.4 Å². The van der Waals surface area contributed by atoms with Crippen LogP contribution in [0, 0.1) is 0 Å². The van der Waals surface area contributed by atoms with Gasteiger partial charge in [-0.15, -0.1) is 0 Å². The quantitative estimate of drug-likeness (QED) is 0.188. The maximum atomic E-state index is 13.4. The highest BCUT2D eigenvalue weighted by Crippen LogP contribution is 2.45. The summed E-state index contributed by atoms with van der Waals surface area (Å²) in [7, 11) is 0. The van der Waals surface area contributed by atoms with Crippen LogP contribution in [0.3, 0.4) is 0 Å². The van der Waals surface area contributed by atoms with E-state index in [0.717, 1.165) is 5.56 Å². The Kier molecular flexibility index (Phi) is 9.23. The zero-order chi connectivity index (χ0) is 31.5. The number of nitrogen functional groups attached to an aromatic ring is 1. The summed E-state index contributed by atoms with van der Waals surface area (Å²) in [5, 5.41) is 14.2. The number of nitrogens with one attached hydrogen (secondary N) is 2. The van der Waals surface area contributed by atoms with E-state index in [1.807, 2.05) is 0 Å². The van der Waals surface area contributed by atoms with Crippen LogP contribution in [0.1, 0.15) is 49.2 Å². The molecule has 42 heavy (non-hydrogen) atoms.